The molecule has 0 aliphatic carbocycles. The summed E-state index contributed by atoms with van der Waals surface area (Å²) in [5.41, 5.74) is 1.43. The van der Waals surface area contributed by atoms with Crippen molar-refractivity contribution in [2.45, 2.75) is 13.3 Å². The van der Waals surface area contributed by atoms with Gasteiger partial charge in [-0.3, -0.25) is 9.59 Å². The Morgan fingerprint density at radius 2 is 1.70 bits per heavy atom. The van der Waals surface area contributed by atoms with Crippen molar-refractivity contribution >= 4 is 17.5 Å². The van der Waals surface area contributed by atoms with E-state index in [9.17, 15) is 14.0 Å². The Kier molecular flexibility index (Phi) is 7.16. The van der Waals surface area contributed by atoms with Gasteiger partial charge in [-0.05, 0) is 36.2 Å². The summed E-state index contributed by atoms with van der Waals surface area (Å²) in [6, 6.07) is 11.1. The molecular weight excluding hydrogens is 351 g/mol. The number of benzene rings is 2. The summed E-state index contributed by atoms with van der Waals surface area (Å²) >= 11 is 0. The minimum Gasteiger partial charge on any atom is -0.493 e. The van der Waals surface area contributed by atoms with Gasteiger partial charge in [-0.1, -0.05) is 12.1 Å². The molecule has 0 saturated carbocycles. The van der Waals surface area contributed by atoms with Gasteiger partial charge >= 0.3 is 0 Å². The molecule has 27 heavy (non-hydrogen) atoms. The molecule has 0 bridgehead atoms. The van der Waals surface area contributed by atoms with Crippen molar-refractivity contribution in [1.29, 1.82) is 0 Å². The van der Waals surface area contributed by atoms with E-state index in [1.165, 1.54) is 38.2 Å². The first-order valence-electron chi connectivity index (χ1n) is 8.44. The third-order valence-corrected chi connectivity index (χ3v) is 4.03. The highest BCUT2D eigenvalue weighted by Crippen LogP contribution is 2.29. The van der Waals surface area contributed by atoms with Crippen LogP contribution < -0.4 is 14.8 Å². The zero-order chi connectivity index (χ0) is 19.8. The predicted molar refractivity (Wildman–Crippen MR) is 101 cm³/mol. The molecule has 0 aliphatic heterocycles. The molecule has 0 aliphatic rings. The van der Waals surface area contributed by atoms with Gasteiger partial charge in [0, 0.05) is 25.2 Å². The van der Waals surface area contributed by atoms with E-state index in [1.54, 1.807) is 30.3 Å². The van der Waals surface area contributed by atoms with Crippen molar-refractivity contribution in [3.63, 3.8) is 0 Å². The molecule has 2 aromatic carbocycles. The first kappa shape index (κ1) is 20.2. The van der Waals surface area contributed by atoms with Crippen molar-refractivity contribution in [3.8, 4) is 11.5 Å². The Balaban J connectivity index is 1.96. The lowest BCUT2D eigenvalue weighted by molar-refractivity contribution is -0.132. The van der Waals surface area contributed by atoms with Crippen LogP contribution in [0, 0.1) is 5.82 Å². The Morgan fingerprint density at radius 3 is 2.30 bits per heavy atom. The lowest BCUT2D eigenvalue weighted by Crippen LogP contribution is -2.38. The van der Waals surface area contributed by atoms with E-state index in [-0.39, 0.29) is 24.2 Å². The monoisotopic (exact) mass is 374 g/mol. The first-order chi connectivity index (χ1) is 12.9. The number of halogens is 1. The fourth-order valence-electron chi connectivity index (χ4n) is 2.55. The van der Waals surface area contributed by atoms with E-state index in [1.807, 2.05) is 0 Å². The third-order valence-electron chi connectivity index (χ3n) is 4.03. The molecular formula is C20H23FN2O4. The maximum Gasteiger partial charge on any atom is 0.243 e. The average Bonchev–Trinajstić information content (AvgIpc) is 2.66. The quantitative estimate of drug-likeness (QED) is 0.772. The molecule has 0 spiro atoms. The van der Waals surface area contributed by atoms with Gasteiger partial charge in [-0.15, -0.1) is 0 Å². The SMILES string of the molecule is COc1ccc(NC(=O)CN(CCc2ccc(F)cc2)C(C)=O)cc1OC. The van der Waals surface area contributed by atoms with Crippen molar-refractivity contribution in [1.82, 2.24) is 4.90 Å². The van der Waals surface area contributed by atoms with E-state index in [2.05, 4.69) is 5.32 Å². The molecule has 0 radical (unpaired) electrons. The van der Waals surface area contributed by atoms with Crippen LogP contribution in [0.1, 0.15) is 12.5 Å². The number of hydrogen-bond donors (Lipinski definition) is 1. The molecule has 7 heteroatoms. The molecule has 1 N–H and O–H groups in total. The number of anilines is 1. The van der Waals surface area contributed by atoms with Crippen LogP contribution in [0.4, 0.5) is 10.1 Å². The Morgan fingerprint density at radius 1 is 1.04 bits per heavy atom. The predicted octanol–water partition coefficient (Wildman–Crippen LogP) is 2.87. The number of carbonyl (C=O) groups excluding carboxylic acids is 2. The van der Waals surface area contributed by atoms with Crippen molar-refractivity contribution in [2.75, 3.05) is 32.6 Å². The van der Waals surface area contributed by atoms with Gasteiger partial charge in [0.15, 0.2) is 11.5 Å². The van der Waals surface area contributed by atoms with Gasteiger partial charge < -0.3 is 19.7 Å². The number of ether oxygens (including phenoxy) is 2. The largest absolute Gasteiger partial charge is 0.493 e. The number of nitrogens with one attached hydrogen (secondary N) is 1. The summed E-state index contributed by atoms with van der Waals surface area (Å²) in [6.07, 6.45) is 0.531. The van der Waals surface area contributed by atoms with Gasteiger partial charge in [0.2, 0.25) is 11.8 Å². The van der Waals surface area contributed by atoms with Crippen LogP contribution in [0.15, 0.2) is 42.5 Å². The lowest BCUT2D eigenvalue weighted by atomic mass is 10.1. The van der Waals surface area contributed by atoms with E-state index < -0.39 is 0 Å². The van der Waals surface area contributed by atoms with E-state index >= 15 is 0 Å². The zero-order valence-corrected chi connectivity index (χ0v) is 15.6. The van der Waals surface area contributed by atoms with Crippen LogP contribution in [0.25, 0.3) is 0 Å². The van der Waals surface area contributed by atoms with E-state index in [0.717, 1.165) is 5.56 Å². The molecule has 0 unspecified atom stereocenters. The molecule has 2 rings (SSSR count). The standard InChI is InChI=1S/C20H23FN2O4/c1-14(24)23(11-10-15-4-6-16(21)7-5-15)13-20(25)22-17-8-9-18(26-2)19(12-17)27-3/h4-9,12H,10-11,13H2,1-3H3,(H,22,25). The topological polar surface area (TPSA) is 67.9 Å². The Labute approximate surface area is 157 Å². The minimum absolute atomic E-state index is 0.0785. The molecule has 0 aromatic heterocycles. The second kappa shape index (κ2) is 9.56. The molecule has 0 heterocycles. The van der Waals surface area contributed by atoms with Crippen LogP contribution in [-0.4, -0.2) is 44.0 Å². The second-order valence-electron chi connectivity index (χ2n) is 5.93. The number of amides is 2. The molecule has 0 saturated heterocycles. The fraction of sp³-hybridized carbons (Fsp3) is 0.300. The Bertz CT molecular complexity index is 793. The van der Waals surface area contributed by atoms with Gasteiger partial charge in [-0.25, -0.2) is 4.39 Å². The number of nitrogens with zero attached hydrogens (tertiary/aromatic N) is 1. The van der Waals surface area contributed by atoms with Crippen molar-refractivity contribution < 1.29 is 23.5 Å². The zero-order valence-electron chi connectivity index (χ0n) is 15.6. The summed E-state index contributed by atoms with van der Waals surface area (Å²) in [6.45, 7) is 1.69. The summed E-state index contributed by atoms with van der Waals surface area (Å²) in [4.78, 5) is 25.6. The second-order valence-corrected chi connectivity index (χ2v) is 5.93. The van der Waals surface area contributed by atoms with E-state index in [4.69, 9.17) is 9.47 Å². The molecule has 6 nitrogen and oxygen atoms in total. The Hall–Kier alpha value is -3.09. The van der Waals surface area contributed by atoms with Gasteiger partial charge in [-0.2, -0.15) is 0 Å². The number of methoxy groups -OCH3 is 2. The number of rotatable bonds is 8. The molecule has 2 amide bonds. The highest BCUT2D eigenvalue weighted by Gasteiger charge is 2.15. The fourth-order valence-corrected chi connectivity index (χ4v) is 2.55. The maximum atomic E-state index is 13.0. The lowest BCUT2D eigenvalue weighted by Gasteiger charge is -2.20. The van der Waals surface area contributed by atoms with Crippen LogP contribution >= 0.6 is 0 Å². The third kappa shape index (κ3) is 5.99. The smallest absolute Gasteiger partial charge is 0.243 e. The van der Waals surface area contributed by atoms with Crippen LogP contribution in [0.3, 0.4) is 0 Å². The molecule has 2 aromatic rings. The van der Waals surface area contributed by atoms with Gasteiger partial charge in [0.05, 0.1) is 20.8 Å². The van der Waals surface area contributed by atoms with Crippen LogP contribution in [0.5, 0.6) is 11.5 Å². The summed E-state index contributed by atoms with van der Waals surface area (Å²) in [5.74, 6) is 0.211. The average molecular weight is 374 g/mol. The highest BCUT2D eigenvalue weighted by molar-refractivity contribution is 5.94. The molecule has 0 fully saturated rings. The minimum atomic E-state index is -0.323. The van der Waals surface area contributed by atoms with Gasteiger partial charge in [0.1, 0.15) is 5.82 Å². The number of hydrogen-bond acceptors (Lipinski definition) is 4. The molecule has 144 valence electrons. The van der Waals surface area contributed by atoms with Crippen LogP contribution in [-0.2, 0) is 16.0 Å². The number of carbonyl (C=O) groups is 2. The maximum absolute atomic E-state index is 13.0. The van der Waals surface area contributed by atoms with Crippen LogP contribution in [0.2, 0.25) is 0 Å². The van der Waals surface area contributed by atoms with Crippen molar-refractivity contribution in [3.05, 3.63) is 53.8 Å². The normalized spacial score (nSPS) is 10.2. The summed E-state index contributed by atoms with van der Waals surface area (Å²) in [7, 11) is 3.04. The van der Waals surface area contributed by atoms with Gasteiger partial charge in [0.25, 0.3) is 0 Å². The van der Waals surface area contributed by atoms with E-state index in [0.29, 0.717) is 30.2 Å². The molecule has 0 atom stereocenters. The first-order valence-corrected chi connectivity index (χ1v) is 8.44. The summed E-state index contributed by atoms with van der Waals surface area (Å²) in [5, 5.41) is 2.74. The summed E-state index contributed by atoms with van der Waals surface area (Å²) < 4.78 is 23.3. The highest BCUT2D eigenvalue weighted by atomic mass is 19.1. The van der Waals surface area contributed by atoms with Crippen molar-refractivity contribution in [2.24, 2.45) is 0 Å².